The van der Waals surface area contributed by atoms with Gasteiger partial charge in [-0.3, -0.25) is 4.68 Å². The lowest BCUT2D eigenvalue weighted by molar-refractivity contribution is 0.269. The Morgan fingerprint density at radius 1 is 1.71 bits per heavy atom. The van der Waals surface area contributed by atoms with Crippen LogP contribution in [0.25, 0.3) is 0 Å². The van der Waals surface area contributed by atoms with Crippen LogP contribution in [0.15, 0.2) is 12.4 Å². The molecule has 2 rings (SSSR count). The molecule has 1 atom stereocenters. The standard InChI is InChI=1S/C9H15N3OS/c13-3-2-12-6-9(5-10-12)11-8-1-4-14-7-8/h5-6,8,11,13H,1-4,7H2. The van der Waals surface area contributed by atoms with Crippen LogP contribution >= 0.6 is 11.8 Å². The minimum atomic E-state index is 0.139. The van der Waals surface area contributed by atoms with Crippen molar-refractivity contribution in [2.24, 2.45) is 0 Å². The summed E-state index contributed by atoms with van der Waals surface area (Å²) >= 11 is 1.99. The minimum absolute atomic E-state index is 0.139. The summed E-state index contributed by atoms with van der Waals surface area (Å²) < 4.78 is 1.75. The molecular weight excluding hydrogens is 198 g/mol. The van der Waals surface area contributed by atoms with Crippen LogP contribution in [0.1, 0.15) is 6.42 Å². The molecule has 1 aromatic heterocycles. The summed E-state index contributed by atoms with van der Waals surface area (Å²) in [6.45, 7) is 0.710. The van der Waals surface area contributed by atoms with E-state index in [1.807, 2.05) is 24.2 Å². The zero-order valence-electron chi connectivity index (χ0n) is 8.02. The Kier molecular flexibility index (Phi) is 3.31. The maximum atomic E-state index is 8.73. The summed E-state index contributed by atoms with van der Waals surface area (Å²) in [6, 6.07) is 0.590. The van der Waals surface area contributed by atoms with Gasteiger partial charge in [0.2, 0.25) is 0 Å². The zero-order valence-corrected chi connectivity index (χ0v) is 8.83. The lowest BCUT2D eigenvalue weighted by atomic mass is 10.2. The quantitative estimate of drug-likeness (QED) is 0.776. The molecule has 0 amide bonds. The lowest BCUT2D eigenvalue weighted by Gasteiger charge is -2.09. The molecule has 0 saturated carbocycles. The Hall–Kier alpha value is -0.680. The van der Waals surface area contributed by atoms with Gasteiger partial charge in [-0.05, 0) is 12.2 Å². The Labute approximate surface area is 87.7 Å². The molecule has 0 aliphatic carbocycles. The number of thioether (sulfide) groups is 1. The van der Waals surface area contributed by atoms with Gasteiger partial charge in [0.1, 0.15) is 0 Å². The molecule has 1 aliphatic heterocycles. The third-order valence-electron chi connectivity index (χ3n) is 2.26. The number of rotatable bonds is 4. The zero-order chi connectivity index (χ0) is 9.80. The van der Waals surface area contributed by atoms with Gasteiger partial charge in [-0.1, -0.05) is 0 Å². The summed E-state index contributed by atoms with van der Waals surface area (Å²) in [5.41, 5.74) is 1.06. The first kappa shape index (κ1) is 9.86. The molecule has 0 aromatic carbocycles. The molecule has 14 heavy (non-hydrogen) atoms. The van der Waals surface area contributed by atoms with E-state index in [2.05, 4.69) is 10.4 Å². The summed E-state index contributed by atoms with van der Waals surface area (Å²) in [6.07, 6.45) is 4.99. The first-order valence-electron chi connectivity index (χ1n) is 4.86. The number of hydrogen-bond donors (Lipinski definition) is 2. The van der Waals surface area contributed by atoms with Crippen molar-refractivity contribution in [3.63, 3.8) is 0 Å². The van der Waals surface area contributed by atoms with Gasteiger partial charge in [0, 0.05) is 18.0 Å². The van der Waals surface area contributed by atoms with Gasteiger partial charge < -0.3 is 10.4 Å². The Bertz CT molecular complexity index is 283. The van der Waals surface area contributed by atoms with Crippen molar-refractivity contribution in [1.29, 1.82) is 0 Å². The maximum absolute atomic E-state index is 8.73. The van der Waals surface area contributed by atoms with E-state index < -0.39 is 0 Å². The average molecular weight is 213 g/mol. The first-order valence-corrected chi connectivity index (χ1v) is 6.01. The fourth-order valence-electron chi connectivity index (χ4n) is 1.55. The van der Waals surface area contributed by atoms with E-state index >= 15 is 0 Å². The van der Waals surface area contributed by atoms with Crippen LogP contribution in [-0.4, -0.2) is 39.0 Å². The number of aromatic nitrogens is 2. The first-order chi connectivity index (χ1) is 6.88. The van der Waals surface area contributed by atoms with Gasteiger partial charge in [-0.15, -0.1) is 0 Å². The topological polar surface area (TPSA) is 50.1 Å². The molecule has 2 heterocycles. The number of aliphatic hydroxyl groups excluding tert-OH is 1. The van der Waals surface area contributed by atoms with Crippen molar-refractivity contribution in [3.05, 3.63) is 12.4 Å². The highest BCUT2D eigenvalue weighted by atomic mass is 32.2. The van der Waals surface area contributed by atoms with Crippen molar-refractivity contribution < 1.29 is 5.11 Å². The predicted octanol–water partition coefficient (Wildman–Crippen LogP) is 0.793. The number of nitrogens with one attached hydrogen (secondary N) is 1. The second-order valence-corrected chi connectivity index (χ2v) is 4.57. The van der Waals surface area contributed by atoms with E-state index in [1.54, 1.807) is 4.68 Å². The van der Waals surface area contributed by atoms with Crippen molar-refractivity contribution >= 4 is 17.4 Å². The van der Waals surface area contributed by atoms with Crippen LogP contribution in [-0.2, 0) is 6.54 Å². The highest BCUT2D eigenvalue weighted by molar-refractivity contribution is 7.99. The van der Waals surface area contributed by atoms with Crippen LogP contribution < -0.4 is 5.32 Å². The third-order valence-corrected chi connectivity index (χ3v) is 3.43. The lowest BCUT2D eigenvalue weighted by Crippen LogP contribution is -2.17. The molecule has 0 spiro atoms. The predicted molar refractivity (Wildman–Crippen MR) is 58.7 cm³/mol. The largest absolute Gasteiger partial charge is 0.394 e. The van der Waals surface area contributed by atoms with Gasteiger partial charge >= 0.3 is 0 Å². The molecule has 1 aliphatic rings. The van der Waals surface area contributed by atoms with Gasteiger partial charge in [0.05, 0.1) is 25.0 Å². The van der Waals surface area contributed by atoms with Crippen LogP contribution in [0.2, 0.25) is 0 Å². The molecule has 1 aromatic rings. The van der Waals surface area contributed by atoms with Gasteiger partial charge in [0.15, 0.2) is 0 Å². The van der Waals surface area contributed by atoms with Gasteiger partial charge in [-0.2, -0.15) is 16.9 Å². The number of nitrogens with zero attached hydrogens (tertiary/aromatic N) is 2. The number of aliphatic hydroxyl groups is 1. The van der Waals surface area contributed by atoms with E-state index in [0.29, 0.717) is 12.6 Å². The Balaban J connectivity index is 1.88. The number of hydrogen-bond acceptors (Lipinski definition) is 4. The van der Waals surface area contributed by atoms with Gasteiger partial charge in [-0.25, -0.2) is 0 Å². The van der Waals surface area contributed by atoms with Crippen LogP contribution in [0, 0.1) is 0 Å². The molecule has 5 heteroatoms. The SMILES string of the molecule is OCCn1cc(NC2CCSC2)cn1. The highest BCUT2D eigenvalue weighted by Gasteiger charge is 2.15. The van der Waals surface area contributed by atoms with Crippen LogP contribution in [0.3, 0.4) is 0 Å². The number of anilines is 1. The van der Waals surface area contributed by atoms with E-state index in [9.17, 15) is 0 Å². The maximum Gasteiger partial charge on any atom is 0.0728 e. The third kappa shape index (κ3) is 2.42. The molecule has 0 bridgehead atoms. The molecule has 1 unspecified atom stereocenters. The molecule has 78 valence electrons. The second-order valence-electron chi connectivity index (χ2n) is 3.42. The van der Waals surface area contributed by atoms with E-state index in [1.165, 1.54) is 17.9 Å². The van der Waals surface area contributed by atoms with Crippen molar-refractivity contribution in [3.8, 4) is 0 Å². The highest BCUT2D eigenvalue weighted by Crippen LogP contribution is 2.20. The van der Waals surface area contributed by atoms with Crippen LogP contribution in [0.4, 0.5) is 5.69 Å². The van der Waals surface area contributed by atoms with Crippen molar-refractivity contribution in [2.75, 3.05) is 23.4 Å². The molecule has 1 fully saturated rings. The summed E-state index contributed by atoms with van der Waals surface area (Å²) in [7, 11) is 0. The smallest absolute Gasteiger partial charge is 0.0728 e. The van der Waals surface area contributed by atoms with Crippen molar-refractivity contribution in [2.45, 2.75) is 19.0 Å². The van der Waals surface area contributed by atoms with Gasteiger partial charge in [0.25, 0.3) is 0 Å². The van der Waals surface area contributed by atoms with E-state index in [4.69, 9.17) is 5.11 Å². The molecule has 2 N–H and O–H groups in total. The molecular formula is C9H15N3OS. The summed E-state index contributed by atoms with van der Waals surface area (Å²) in [5, 5.41) is 16.3. The fourth-order valence-corrected chi connectivity index (χ4v) is 2.70. The molecule has 1 saturated heterocycles. The van der Waals surface area contributed by atoms with E-state index in [-0.39, 0.29) is 6.61 Å². The Morgan fingerprint density at radius 2 is 2.64 bits per heavy atom. The monoisotopic (exact) mass is 213 g/mol. The second kappa shape index (κ2) is 4.70. The summed E-state index contributed by atoms with van der Waals surface area (Å²) in [4.78, 5) is 0. The summed E-state index contributed by atoms with van der Waals surface area (Å²) in [5.74, 6) is 2.44. The Morgan fingerprint density at radius 3 is 3.36 bits per heavy atom. The fraction of sp³-hybridized carbons (Fsp3) is 0.667. The van der Waals surface area contributed by atoms with E-state index in [0.717, 1.165) is 5.69 Å². The normalized spacial score (nSPS) is 21.4. The van der Waals surface area contributed by atoms with Crippen molar-refractivity contribution in [1.82, 2.24) is 9.78 Å². The molecule has 4 nitrogen and oxygen atoms in total. The molecule has 0 radical (unpaired) electrons. The minimum Gasteiger partial charge on any atom is -0.394 e. The average Bonchev–Trinajstić information content (AvgIpc) is 2.79. The van der Waals surface area contributed by atoms with Crippen LogP contribution in [0.5, 0.6) is 0 Å².